The molecule has 0 spiro atoms. The van der Waals surface area contributed by atoms with Crippen LogP contribution in [0.3, 0.4) is 0 Å². The summed E-state index contributed by atoms with van der Waals surface area (Å²) in [5.41, 5.74) is 14.1. The standard InChI is InChI=1S/C6H6N4.2C5H8O2.2Ni/c7-3-1-4(8)6(10)2-5(3)9;2*1-4(6)3-5(2)7;;/h1-2,7-10H;2*3,6H,1-2H3;;/q-2;;;2*+2/p-2/b;2*4-3-;;. The summed E-state index contributed by atoms with van der Waals surface area (Å²) in [5, 5.41) is 34.1. The van der Waals surface area contributed by atoms with E-state index in [0.29, 0.717) is 0 Å². The molecule has 0 unspecified atom stereocenters. The van der Waals surface area contributed by atoms with Crippen LogP contribution < -0.4 is 10.2 Å². The molecule has 1 rings (SSSR count). The fraction of sp³-hybridized carbons (Fsp3) is 0.250. The molecule has 0 saturated carbocycles. The largest absolute Gasteiger partial charge is 2.00 e. The van der Waals surface area contributed by atoms with E-state index in [4.69, 9.17) is 22.3 Å². The summed E-state index contributed by atoms with van der Waals surface area (Å²) in [4.78, 5) is 20.0. The Kier molecular flexibility index (Phi) is 19.8. The van der Waals surface area contributed by atoms with E-state index in [-0.39, 0.29) is 78.9 Å². The summed E-state index contributed by atoms with van der Waals surface area (Å²) in [7, 11) is 0. The topological polar surface area (TPSA) is 176 Å². The number of allylic oxidation sites excluding steroid dienone is 6. The third kappa shape index (κ3) is 19.9. The van der Waals surface area contributed by atoms with Crippen molar-refractivity contribution >= 4 is 23.0 Å². The second kappa shape index (κ2) is 16.3. The summed E-state index contributed by atoms with van der Waals surface area (Å²) < 4.78 is 0. The first-order chi connectivity index (χ1) is 10.9. The molecule has 0 bridgehead atoms. The van der Waals surface area contributed by atoms with Gasteiger partial charge in [0.1, 0.15) is 0 Å². The van der Waals surface area contributed by atoms with Crippen LogP contribution in [-0.4, -0.2) is 23.0 Å². The van der Waals surface area contributed by atoms with Crippen molar-refractivity contribution in [1.82, 2.24) is 0 Å². The van der Waals surface area contributed by atoms with Gasteiger partial charge in [0, 0.05) is 0 Å². The van der Waals surface area contributed by atoms with Crippen molar-refractivity contribution in [3.63, 3.8) is 0 Å². The molecule has 0 saturated heterocycles. The average Bonchev–Trinajstić information content (AvgIpc) is 2.34. The van der Waals surface area contributed by atoms with E-state index < -0.39 is 0 Å². The fourth-order valence-electron chi connectivity index (χ4n) is 1.17. The molecular weight excluding hydrogens is 430 g/mol. The van der Waals surface area contributed by atoms with E-state index >= 15 is 0 Å². The van der Waals surface area contributed by atoms with Gasteiger partial charge in [-0.25, -0.2) is 0 Å². The third-order valence-electron chi connectivity index (χ3n) is 1.97. The molecule has 4 N–H and O–H groups in total. The van der Waals surface area contributed by atoms with Gasteiger partial charge in [-0.05, 0) is 26.0 Å². The molecule has 0 aromatic heterocycles. The number of rotatable bonds is 2. The summed E-state index contributed by atoms with van der Waals surface area (Å²) in [6.45, 7) is 5.39. The van der Waals surface area contributed by atoms with Gasteiger partial charge in [0.15, 0.2) is 11.6 Å². The quantitative estimate of drug-likeness (QED) is 0.282. The number of hydrogen-bond donors (Lipinski definition) is 2. The number of carbonyl (C=O) groups excluding carboxylic acids is 2. The fourth-order valence-corrected chi connectivity index (χ4v) is 1.17. The Morgan fingerprint density at radius 1 is 0.808 bits per heavy atom. The molecule has 0 atom stereocenters. The van der Waals surface area contributed by atoms with Gasteiger partial charge in [0.05, 0.1) is 11.4 Å². The molecule has 0 aromatic rings. The predicted octanol–water partition coefficient (Wildman–Crippen LogP) is 1.59. The van der Waals surface area contributed by atoms with E-state index in [2.05, 4.69) is 0 Å². The van der Waals surface area contributed by atoms with Crippen LogP contribution in [0, 0.1) is 10.8 Å². The van der Waals surface area contributed by atoms with Crippen molar-refractivity contribution < 1.29 is 52.8 Å². The number of ketones is 2. The van der Waals surface area contributed by atoms with E-state index in [1.54, 1.807) is 0 Å². The summed E-state index contributed by atoms with van der Waals surface area (Å²) >= 11 is 0. The Labute approximate surface area is 173 Å². The van der Waals surface area contributed by atoms with Gasteiger partial charge in [-0.3, -0.25) is 20.4 Å². The van der Waals surface area contributed by atoms with Crippen LogP contribution in [0.5, 0.6) is 0 Å². The zero-order valence-electron chi connectivity index (χ0n) is 14.6. The summed E-state index contributed by atoms with van der Waals surface area (Å²) in [6, 6.07) is 0. The monoisotopic (exact) mass is 448 g/mol. The van der Waals surface area contributed by atoms with Gasteiger partial charge in [0.25, 0.3) is 0 Å². The van der Waals surface area contributed by atoms with Gasteiger partial charge in [-0.15, -0.1) is 11.5 Å². The third-order valence-corrected chi connectivity index (χ3v) is 1.97. The molecular formula is C16H20N4Ni2O4. The molecule has 1 aliphatic carbocycles. The van der Waals surface area contributed by atoms with E-state index in [9.17, 15) is 19.8 Å². The van der Waals surface area contributed by atoms with Gasteiger partial charge < -0.3 is 21.7 Å². The molecule has 0 heterocycles. The van der Waals surface area contributed by atoms with Crippen LogP contribution >= 0.6 is 0 Å². The zero-order valence-corrected chi connectivity index (χ0v) is 16.6. The second-order valence-electron chi connectivity index (χ2n) is 4.67. The minimum Gasteiger partial charge on any atom is -0.876 e. The maximum absolute atomic E-state index is 9.98. The van der Waals surface area contributed by atoms with Crippen molar-refractivity contribution in [2.45, 2.75) is 27.7 Å². The molecule has 0 aromatic carbocycles. The van der Waals surface area contributed by atoms with Gasteiger partial charge in [0.2, 0.25) is 0 Å². The number of hydrogen-bond acceptors (Lipinski definition) is 6. The number of carbonyl (C=O) groups is 2. The predicted molar refractivity (Wildman–Crippen MR) is 89.1 cm³/mol. The molecule has 26 heavy (non-hydrogen) atoms. The molecule has 0 aliphatic heterocycles. The Morgan fingerprint density at radius 3 is 1.15 bits per heavy atom. The normalized spacial score (nSPS) is 13.2. The number of nitrogens with one attached hydrogen (secondary N) is 4. The Bertz CT molecular complexity index is 587. The maximum Gasteiger partial charge on any atom is 2.00 e. The SMILES string of the molecule is CC(=O)/C=C(/C)[O-].CC(=O)/C=C(/C)[O-].N=C1C=C([NH-])C([NH-])=CC1=N.[Ni+2].[Ni+2]. The molecule has 10 heteroatoms. The van der Waals surface area contributed by atoms with E-state index in [1.807, 2.05) is 0 Å². The van der Waals surface area contributed by atoms with Gasteiger partial charge in [-0.2, -0.15) is 11.4 Å². The molecule has 1 aliphatic rings. The van der Waals surface area contributed by atoms with Crippen molar-refractivity contribution in [1.29, 1.82) is 10.8 Å². The second-order valence-corrected chi connectivity index (χ2v) is 4.67. The van der Waals surface area contributed by atoms with Gasteiger partial charge in [-0.1, -0.05) is 26.0 Å². The van der Waals surface area contributed by atoms with Crippen LogP contribution in [0.1, 0.15) is 27.7 Å². The van der Waals surface area contributed by atoms with Crippen molar-refractivity contribution in [2.75, 3.05) is 0 Å². The van der Waals surface area contributed by atoms with Crippen LogP contribution in [0.4, 0.5) is 0 Å². The minimum absolute atomic E-state index is 0. The zero-order chi connectivity index (χ0) is 19.4. The van der Waals surface area contributed by atoms with E-state index in [1.165, 1.54) is 39.8 Å². The van der Waals surface area contributed by atoms with Crippen molar-refractivity contribution in [3.8, 4) is 0 Å². The first kappa shape index (κ1) is 31.6. The van der Waals surface area contributed by atoms with E-state index in [0.717, 1.165) is 12.2 Å². The molecule has 0 amide bonds. The Morgan fingerprint density at radius 2 is 1.04 bits per heavy atom. The Balaban J connectivity index is -0.000000138. The smallest absolute Gasteiger partial charge is 0.876 e. The van der Waals surface area contributed by atoms with Crippen LogP contribution in [0.25, 0.3) is 11.5 Å². The van der Waals surface area contributed by atoms with Crippen LogP contribution in [0.2, 0.25) is 0 Å². The van der Waals surface area contributed by atoms with Crippen LogP contribution in [-0.2, 0) is 42.6 Å². The first-order valence-electron chi connectivity index (χ1n) is 6.63. The maximum atomic E-state index is 9.98. The van der Waals surface area contributed by atoms with Crippen molar-refractivity contribution in [3.05, 3.63) is 58.7 Å². The molecule has 8 nitrogen and oxygen atoms in total. The molecule has 0 radical (unpaired) electrons. The Hall–Kier alpha value is -2.17. The molecule has 148 valence electrons. The first-order valence-corrected chi connectivity index (χ1v) is 6.63. The summed E-state index contributed by atoms with van der Waals surface area (Å²) in [6.07, 6.45) is 4.51. The minimum atomic E-state index is -0.187. The summed E-state index contributed by atoms with van der Waals surface area (Å²) in [5.74, 6) is -0.750. The molecule has 0 fully saturated rings. The van der Waals surface area contributed by atoms with Crippen LogP contribution in [0.15, 0.2) is 47.2 Å². The average molecular weight is 450 g/mol. The van der Waals surface area contributed by atoms with Crippen molar-refractivity contribution in [2.24, 2.45) is 0 Å². The van der Waals surface area contributed by atoms with Gasteiger partial charge >= 0.3 is 33.0 Å².